The zero-order valence-electron chi connectivity index (χ0n) is 12.2. The lowest BCUT2D eigenvalue weighted by atomic mass is 10.2. The van der Waals surface area contributed by atoms with Crippen LogP contribution >= 0.6 is 0 Å². The predicted octanol–water partition coefficient (Wildman–Crippen LogP) is 3.46. The van der Waals surface area contributed by atoms with Crippen molar-refractivity contribution < 1.29 is 0 Å². The van der Waals surface area contributed by atoms with Crippen molar-refractivity contribution in [3.05, 3.63) is 47.9 Å². The molecule has 1 fully saturated rings. The standard InChI is InChI=1S/C17H15N5/c1-22-15-7-6-13(9-14(15)21-17(22)11-4-5-11)20-16-12(10-18)3-2-8-19-16/h2-3,6-9,11H,4-5H2,1H3,(H,19,20). The molecule has 0 unspecified atom stereocenters. The molecule has 0 aliphatic heterocycles. The highest BCUT2D eigenvalue weighted by Crippen LogP contribution is 2.40. The number of pyridine rings is 1. The molecule has 1 aromatic carbocycles. The van der Waals surface area contributed by atoms with E-state index in [2.05, 4.69) is 34.1 Å². The third-order valence-electron chi connectivity index (χ3n) is 4.05. The van der Waals surface area contributed by atoms with Crippen molar-refractivity contribution in [2.24, 2.45) is 7.05 Å². The van der Waals surface area contributed by atoms with E-state index in [1.165, 1.54) is 18.7 Å². The van der Waals surface area contributed by atoms with Crippen molar-refractivity contribution in [1.82, 2.24) is 14.5 Å². The van der Waals surface area contributed by atoms with E-state index < -0.39 is 0 Å². The van der Waals surface area contributed by atoms with Crippen molar-refractivity contribution in [2.45, 2.75) is 18.8 Å². The number of aryl methyl sites for hydroxylation is 1. The molecular weight excluding hydrogens is 274 g/mol. The van der Waals surface area contributed by atoms with E-state index in [9.17, 15) is 0 Å². The monoisotopic (exact) mass is 289 g/mol. The summed E-state index contributed by atoms with van der Waals surface area (Å²) in [5.41, 5.74) is 3.53. The molecule has 0 radical (unpaired) electrons. The Kier molecular flexibility index (Phi) is 2.83. The van der Waals surface area contributed by atoms with Crippen molar-refractivity contribution in [3.8, 4) is 6.07 Å². The number of nitriles is 1. The number of nitrogens with one attached hydrogen (secondary N) is 1. The molecule has 1 saturated carbocycles. The molecule has 2 aromatic heterocycles. The first-order valence-electron chi connectivity index (χ1n) is 7.35. The second-order valence-corrected chi connectivity index (χ2v) is 5.64. The van der Waals surface area contributed by atoms with Crippen molar-refractivity contribution >= 4 is 22.5 Å². The molecule has 2 heterocycles. The minimum atomic E-state index is 0.530. The molecule has 0 atom stereocenters. The van der Waals surface area contributed by atoms with Crippen LogP contribution in [-0.4, -0.2) is 14.5 Å². The van der Waals surface area contributed by atoms with Crippen LogP contribution in [0, 0.1) is 11.3 Å². The smallest absolute Gasteiger partial charge is 0.148 e. The molecule has 0 amide bonds. The van der Waals surface area contributed by atoms with E-state index in [4.69, 9.17) is 10.2 Å². The van der Waals surface area contributed by atoms with Gasteiger partial charge in [-0.1, -0.05) is 0 Å². The Morgan fingerprint density at radius 1 is 1.32 bits per heavy atom. The van der Waals surface area contributed by atoms with Gasteiger partial charge in [0.1, 0.15) is 17.7 Å². The van der Waals surface area contributed by atoms with Gasteiger partial charge in [0.15, 0.2) is 0 Å². The maximum absolute atomic E-state index is 9.13. The highest BCUT2D eigenvalue weighted by atomic mass is 15.1. The van der Waals surface area contributed by atoms with Gasteiger partial charge in [0.25, 0.3) is 0 Å². The first kappa shape index (κ1) is 12.8. The Hall–Kier alpha value is -2.87. The summed E-state index contributed by atoms with van der Waals surface area (Å²) in [4.78, 5) is 8.98. The molecule has 0 spiro atoms. The second-order valence-electron chi connectivity index (χ2n) is 5.64. The third kappa shape index (κ3) is 2.09. The molecule has 5 nitrogen and oxygen atoms in total. The average molecular weight is 289 g/mol. The molecule has 22 heavy (non-hydrogen) atoms. The lowest BCUT2D eigenvalue weighted by molar-refractivity contribution is 0.820. The molecule has 1 aliphatic carbocycles. The van der Waals surface area contributed by atoms with Crippen LogP contribution in [0.4, 0.5) is 11.5 Å². The Balaban J connectivity index is 1.72. The van der Waals surface area contributed by atoms with Gasteiger partial charge in [-0.15, -0.1) is 0 Å². The van der Waals surface area contributed by atoms with Gasteiger partial charge < -0.3 is 9.88 Å². The minimum Gasteiger partial charge on any atom is -0.339 e. The third-order valence-corrected chi connectivity index (χ3v) is 4.05. The molecule has 108 valence electrons. The van der Waals surface area contributed by atoms with E-state index in [-0.39, 0.29) is 0 Å². The van der Waals surface area contributed by atoms with E-state index in [1.54, 1.807) is 18.3 Å². The number of rotatable bonds is 3. The van der Waals surface area contributed by atoms with Crippen molar-refractivity contribution in [3.63, 3.8) is 0 Å². The number of hydrogen-bond acceptors (Lipinski definition) is 4. The summed E-state index contributed by atoms with van der Waals surface area (Å²) in [5.74, 6) is 2.36. The molecular formula is C17H15N5. The summed E-state index contributed by atoms with van der Waals surface area (Å²) in [6.07, 6.45) is 4.15. The van der Waals surface area contributed by atoms with Gasteiger partial charge in [-0.3, -0.25) is 0 Å². The number of fused-ring (bicyclic) bond motifs is 1. The van der Waals surface area contributed by atoms with Crippen LogP contribution < -0.4 is 5.32 Å². The molecule has 5 heteroatoms. The topological polar surface area (TPSA) is 66.5 Å². The number of aromatic nitrogens is 3. The molecule has 4 rings (SSSR count). The average Bonchev–Trinajstić information content (AvgIpc) is 3.33. The van der Waals surface area contributed by atoms with Gasteiger partial charge in [-0.2, -0.15) is 5.26 Å². The molecule has 1 aliphatic rings. The van der Waals surface area contributed by atoms with Crippen LogP contribution in [-0.2, 0) is 7.05 Å². The first-order valence-corrected chi connectivity index (χ1v) is 7.35. The number of imidazole rings is 1. The summed E-state index contributed by atoms with van der Waals surface area (Å²) in [6, 6.07) is 11.7. The minimum absolute atomic E-state index is 0.530. The van der Waals surface area contributed by atoms with Gasteiger partial charge in [-0.25, -0.2) is 9.97 Å². The summed E-state index contributed by atoms with van der Waals surface area (Å²) >= 11 is 0. The number of hydrogen-bond donors (Lipinski definition) is 1. The molecule has 0 saturated heterocycles. The molecule has 0 bridgehead atoms. The fourth-order valence-electron chi connectivity index (χ4n) is 2.73. The van der Waals surface area contributed by atoms with E-state index in [1.807, 2.05) is 12.1 Å². The van der Waals surface area contributed by atoms with Crippen LogP contribution in [0.5, 0.6) is 0 Å². The van der Waals surface area contributed by atoms with E-state index in [0.29, 0.717) is 17.3 Å². The zero-order chi connectivity index (χ0) is 15.1. The normalized spacial score (nSPS) is 14.0. The summed E-state index contributed by atoms with van der Waals surface area (Å²) < 4.78 is 2.18. The zero-order valence-corrected chi connectivity index (χ0v) is 12.2. The van der Waals surface area contributed by atoms with Gasteiger partial charge in [0, 0.05) is 24.8 Å². The van der Waals surface area contributed by atoms with Crippen molar-refractivity contribution in [2.75, 3.05) is 5.32 Å². The van der Waals surface area contributed by atoms with Crippen LogP contribution in [0.25, 0.3) is 11.0 Å². The van der Waals surface area contributed by atoms with Crippen LogP contribution in [0.15, 0.2) is 36.5 Å². The number of nitrogens with zero attached hydrogens (tertiary/aromatic N) is 4. The van der Waals surface area contributed by atoms with Crippen LogP contribution in [0.1, 0.15) is 30.1 Å². The molecule has 1 N–H and O–H groups in total. The lowest BCUT2D eigenvalue weighted by Gasteiger charge is -2.07. The summed E-state index contributed by atoms with van der Waals surface area (Å²) in [6.45, 7) is 0. The Bertz CT molecular complexity index is 899. The second kappa shape index (κ2) is 4.85. The Morgan fingerprint density at radius 3 is 2.95 bits per heavy atom. The predicted molar refractivity (Wildman–Crippen MR) is 84.9 cm³/mol. The SMILES string of the molecule is Cn1c(C2CC2)nc2cc(Nc3ncccc3C#N)ccc21. The Morgan fingerprint density at radius 2 is 2.18 bits per heavy atom. The lowest BCUT2D eigenvalue weighted by Crippen LogP contribution is -1.96. The van der Waals surface area contributed by atoms with Crippen LogP contribution in [0.2, 0.25) is 0 Å². The van der Waals surface area contributed by atoms with Gasteiger partial charge in [0.2, 0.25) is 0 Å². The van der Waals surface area contributed by atoms with Gasteiger partial charge in [0.05, 0.1) is 16.6 Å². The highest BCUT2D eigenvalue weighted by Gasteiger charge is 2.28. The van der Waals surface area contributed by atoms with Gasteiger partial charge in [-0.05, 0) is 43.2 Å². The fourth-order valence-corrected chi connectivity index (χ4v) is 2.73. The summed E-state index contributed by atoms with van der Waals surface area (Å²) in [5, 5.41) is 12.3. The summed E-state index contributed by atoms with van der Waals surface area (Å²) in [7, 11) is 2.07. The largest absolute Gasteiger partial charge is 0.339 e. The van der Waals surface area contributed by atoms with E-state index in [0.717, 1.165) is 16.7 Å². The highest BCUT2D eigenvalue weighted by molar-refractivity contribution is 5.81. The quantitative estimate of drug-likeness (QED) is 0.801. The van der Waals surface area contributed by atoms with E-state index >= 15 is 0 Å². The number of anilines is 2. The maximum Gasteiger partial charge on any atom is 0.148 e. The Labute approximate surface area is 128 Å². The number of benzene rings is 1. The maximum atomic E-state index is 9.13. The first-order chi connectivity index (χ1) is 10.8. The van der Waals surface area contributed by atoms with Crippen molar-refractivity contribution in [1.29, 1.82) is 5.26 Å². The fraction of sp³-hybridized carbons (Fsp3) is 0.235. The van der Waals surface area contributed by atoms with Gasteiger partial charge >= 0.3 is 0 Å². The molecule has 3 aromatic rings. The van der Waals surface area contributed by atoms with Crippen LogP contribution in [0.3, 0.4) is 0 Å².